The zero-order chi connectivity index (χ0) is 19.0. The lowest BCUT2D eigenvalue weighted by Crippen LogP contribution is -2.46. The average molecular weight is 391 g/mol. The van der Waals surface area contributed by atoms with Crippen LogP contribution in [0.4, 0.5) is 0 Å². The first kappa shape index (κ1) is 20.9. The number of halogens is 1. The Bertz CT molecular complexity index is 733. The summed E-state index contributed by atoms with van der Waals surface area (Å²) in [5.41, 5.74) is 0.293. The first-order chi connectivity index (χ1) is 11.6. The summed E-state index contributed by atoms with van der Waals surface area (Å²) in [6.07, 6.45) is -0.248. The van der Waals surface area contributed by atoms with Crippen molar-refractivity contribution in [3.8, 4) is 0 Å². The highest BCUT2D eigenvalue weighted by Crippen LogP contribution is 2.09. The predicted molar refractivity (Wildman–Crippen MR) is 92.3 cm³/mol. The van der Waals surface area contributed by atoms with Crippen LogP contribution in [0.15, 0.2) is 24.3 Å². The van der Waals surface area contributed by atoms with Crippen molar-refractivity contribution in [2.45, 2.75) is 19.4 Å². The Morgan fingerprint density at radius 3 is 2.32 bits per heavy atom. The molecule has 25 heavy (non-hydrogen) atoms. The van der Waals surface area contributed by atoms with Crippen LogP contribution in [0.2, 0.25) is 5.02 Å². The topological polar surface area (TPSA) is 130 Å². The van der Waals surface area contributed by atoms with E-state index in [2.05, 4.69) is 10.6 Å². The van der Waals surface area contributed by atoms with Gasteiger partial charge in [0, 0.05) is 16.3 Å². The highest BCUT2D eigenvalue weighted by Gasteiger charge is 2.22. The highest BCUT2D eigenvalue weighted by atomic mass is 35.5. The summed E-state index contributed by atoms with van der Waals surface area (Å²) in [6, 6.07) is 4.65. The van der Waals surface area contributed by atoms with Crippen LogP contribution in [-0.2, 0) is 19.4 Å². The number of rotatable bonds is 9. The maximum absolute atomic E-state index is 11.8. The molecule has 0 heterocycles. The van der Waals surface area contributed by atoms with Crippen molar-refractivity contribution >= 4 is 39.2 Å². The van der Waals surface area contributed by atoms with Crippen molar-refractivity contribution in [2.24, 2.45) is 0 Å². The second-order valence-electron chi connectivity index (χ2n) is 5.17. The molecule has 0 aromatic heterocycles. The van der Waals surface area contributed by atoms with E-state index in [-0.39, 0.29) is 17.9 Å². The van der Waals surface area contributed by atoms with Crippen LogP contribution in [0.3, 0.4) is 0 Å². The zero-order valence-corrected chi connectivity index (χ0v) is 15.1. The van der Waals surface area contributed by atoms with Crippen LogP contribution < -0.4 is 10.6 Å². The number of aliphatic carboxylic acids is 1. The average Bonchev–Trinajstić information content (AvgIpc) is 2.56. The molecule has 0 saturated carbocycles. The van der Waals surface area contributed by atoms with Gasteiger partial charge in [0.05, 0.1) is 12.3 Å². The Morgan fingerprint density at radius 2 is 1.80 bits per heavy atom. The monoisotopic (exact) mass is 390 g/mol. The molecule has 0 fully saturated rings. The summed E-state index contributed by atoms with van der Waals surface area (Å²) < 4.78 is 22.9. The minimum atomic E-state index is -3.34. The Hall–Kier alpha value is -2.13. The first-order valence-corrected chi connectivity index (χ1v) is 9.61. The molecule has 1 aromatic carbocycles. The third-order valence-electron chi connectivity index (χ3n) is 3.31. The summed E-state index contributed by atoms with van der Waals surface area (Å²) >= 11 is 5.71. The summed E-state index contributed by atoms with van der Waals surface area (Å²) in [7, 11) is -3.34. The van der Waals surface area contributed by atoms with E-state index in [1.165, 1.54) is 31.2 Å². The molecule has 2 amide bonds. The van der Waals surface area contributed by atoms with Gasteiger partial charge in [0.2, 0.25) is 5.91 Å². The van der Waals surface area contributed by atoms with E-state index in [0.717, 1.165) is 0 Å². The van der Waals surface area contributed by atoms with Crippen LogP contribution in [0, 0.1) is 0 Å². The summed E-state index contributed by atoms with van der Waals surface area (Å²) in [5, 5.41) is 14.1. The lowest BCUT2D eigenvalue weighted by molar-refractivity contribution is -0.141. The number of carboxylic acids is 1. The highest BCUT2D eigenvalue weighted by molar-refractivity contribution is 7.91. The van der Waals surface area contributed by atoms with Gasteiger partial charge in [0.1, 0.15) is 15.9 Å². The van der Waals surface area contributed by atoms with Crippen molar-refractivity contribution in [3.05, 3.63) is 34.9 Å². The van der Waals surface area contributed by atoms with Gasteiger partial charge in [-0.2, -0.15) is 0 Å². The minimum absolute atomic E-state index is 0.107. The minimum Gasteiger partial charge on any atom is -0.480 e. The molecule has 138 valence electrons. The normalized spacial score (nSPS) is 12.2. The van der Waals surface area contributed by atoms with Gasteiger partial charge in [-0.25, -0.2) is 13.2 Å². The summed E-state index contributed by atoms with van der Waals surface area (Å²) in [4.78, 5) is 34.8. The molecular formula is C15H19ClN2O6S. The van der Waals surface area contributed by atoms with Gasteiger partial charge in [-0.05, 0) is 30.7 Å². The number of amides is 2. The third-order valence-corrected chi connectivity index (χ3v) is 5.30. The van der Waals surface area contributed by atoms with Crippen molar-refractivity contribution in [1.29, 1.82) is 0 Å². The molecule has 1 rings (SSSR count). The van der Waals surface area contributed by atoms with Gasteiger partial charge >= 0.3 is 5.97 Å². The molecule has 0 spiro atoms. The fourth-order valence-electron chi connectivity index (χ4n) is 1.81. The largest absolute Gasteiger partial charge is 0.480 e. The van der Waals surface area contributed by atoms with Crippen LogP contribution in [0.5, 0.6) is 0 Å². The smallest absolute Gasteiger partial charge is 0.326 e. The molecule has 1 atom stereocenters. The molecule has 3 N–H and O–H groups in total. The SMILES string of the molecule is CCS(=O)(=O)CCC(NC(=O)CNC(=O)c1ccc(Cl)cc1)C(=O)O. The molecular weight excluding hydrogens is 372 g/mol. The van der Waals surface area contributed by atoms with E-state index in [4.69, 9.17) is 16.7 Å². The molecule has 0 aliphatic carbocycles. The Labute approximate surface area is 150 Å². The third kappa shape index (κ3) is 7.53. The number of carbonyl (C=O) groups is 3. The number of hydrogen-bond acceptors (Lipinski definition) is 5. The lowest BCUT2D eigenvalue weighted by atomic mass is 10.2. The number of hydrogen-bond donors (Lipinski definition) is 3. The molecule has 0 aliphatic rings. The fraction of sp³-hybridized carbons (Fsp3) is 0.400. The number of carboxylic acid groups (broad SMARTS) is 1. The number of carbonyl (C=O) groups excluding carboxylic acids is 2. The van der Waals surface area contributed by atoms with E-state index in [0.29, 0.717) is 10.6 Å². The van der Waals surface area contributed by atoms with Crippen LogP contribution in [-0.4, -0.2) is 55.4 Å². The van der Waals surface area contributed by atoms with Gasteiger partial charge in [-0.3, -0.25) is 9.59 Å². The number of benzene rings is 1. The lowest BCUT2D eigenvalue weighted by Gasteiger charge is -2.14. The van der Waals surface area contributed by atoms with Crippen molar-refractivity contribution in [1.82, 2.24) is 10.6 Å². The van der Waals surface area contributed by atoms with Gasteiger partial charge in [0.25, 0.3) is 5.91 Å². The van der Waals surface area contributed by atoms with Gasteiger partial charge in [0.15, 0.2) is 0 Å². The quantitative estimate of drug-likeness (QED) is 0.561. The van der Waals surface area contributed by atoms with Crippen LogP contribution in [0.25, 0.3) is 0 Å². The predicted octanol–water partition coefficient (Wildman–Crippen LogP) is 0.464. The maximum atomic E-state index is 11.8. The first-order valence-electron chi connectivity index (χ1n) is 7.41. The standard InChI is InChI=1S/C15H19ClN2O6S/c1-2-25(23,24)8-7-12(15(21)22)18-13(19)9-17-14(20)10-3-5-11(16)6-4-10/h3-6,12H,2,7-9H2,1H3,(H,17,20)(H,18,19)(H,21,22). The van der Waals surface area contributed by atoms with E-state index in [1.54, 1.807) is 0 Å². The van der Waals surface area contributed by atoms with Gasteiger partial charge in [-0.1, -0.05) is 18.5 Å². The molecule has 0 bridgehead atoms. The molecule has 0 aliphatic heterocycles. The second kappa shape index (κ2) is 9.38. The molecule has 10 heteroatoms. The van der Waals surface area contributed by atoms with E-state index < -0.39 is 40.2 Å². The second-order valence-corrected chi connectivity index (χ2v) is 8.08. The van der Waals surface area contributed by atoms with E-state index in [9.17, 15) is 22.8 Å². The summed E-state index contributed by atoms with van der Waals surface area (Å²) in [5.74, 6) is -3.05. The Morgan fingerprint density at radius 1 is 1.20 bits per heavy atom. The van der Waals surface area contributed by atoms with Gasteiger partial charge < -0.3 is 15.7 Å². The molecule has 0 saturated heterocycles. The zero-order valence-electron chi connectivity index (χ0n) is 13.5. The fourth-order valence-corrected chi connectivity index (χ4v) is 2.82. The molecule has 1 unspecified atom stereocenters. The Balaban J connectivity index is 2.53. The number of nitrogens with one attached hydrogen (secondary N) is 2. The Kier molecular flexibility index (Phi) is 7.85. The van der Waals surface area contributed by atoms with Crippen molar-refractivity contribution < 1.29 is 27.9 Å². The van der Waals surface area contributed by atoms with Crippen molar-refractivity contribution in [3.63, 3.8) is 0 Å². The number of sulfone groups is 1. The molecule has 1 aromatic rings. The molecule has 8 nitrogen and oxygen atoms in total. The van der Waals surface area contributed by atoms with E-state index >= 15 is 0 Å². The van der Waals surface area contributed by atoms with Gasteiger partial charge in [-0.15, -0.1) is 0 Å². The van der Waals surface area contributed by atoms with E-state index in [1.807, 2.05) is 0 Å². The molecule has 0 radical (unpaired) electrons. The van der Waals surface area contributed by atoms with Crippen LogP contribution >= 0.6 is 11.6 Å². The van der Waals surface area contributed by atoms with Crippen molar-refractivity contribution in [2.75, 3.05) is 18.1 Å². The summed E-state index contributed by atoms with van der Waals surface area (Å²) in [6.45, 7) is 1.02. The van der Waals surface area contributed by atoms with Crippen LogP contribution in [0.1, 0.15) is 23.7 Å². The maximum Gasteiger partial charge on any atom is 0.326 e.